The molecular formula is C7H16N2S2. The first-order valence-electron chi connectivity index (χ1n) is 3.97. The van der Waals surface area contributed by atoms with Gasteiger partial charge in [-0.3, -0.25) is 0 Å². The van der Waals surface area contributed by atoms with E-state index in [1.807, 2.05) is 0 Å². The number of hydrogen-bond acceptors (Lipinski definition) is 4. The van der Waals surface area contributed by atoms with Crippen LogP contribution in [0.4, 0.5) is 0 Å². The van der Waals surface area contributed by atoms with Crippen LogP contribution < -0.4 is 0 Å². The van der Waals surface area contributed by atoms with Crippen LogP contribution in [0.5, 0.6) is 0 Å². The summed E-state index contributed by atoms with van der Waals surface area (Å²) in [6, 6.07) is 0.784. The fourth-order valence-corrected chi connectivity index (χ4v) is 2.30. The van der Waals surface area contributed by atoms with Crippen LogP contribution in [0.1, 0.15) is 12.8 Å². The molecular weight excluding hydrogens is 176 g/mol. The van der Waals surface area contributed by atoms with Gasteiger partial charge < -0.3 is 4.90 Å². The highest BCUT2D eigenvalue weighted by Gasteiger charge is 2.19. The first-order chi connectivity index (χ1) is 5.24. The molecule has 0 amide bonds. The van der Waals surface area contributed by atoms with Gasteiger partial charge in [-0.1, -0.05) is 11.7 Å². The van der Waals surface area contributed by atoms with Gasteiger partial charge in [0, 0.05) is 19.1 Å². The number of nitrogens with zero attached hydrogens (tertiary/aromatic N) is 2. The lowest BCUT2D eigenvalue weighted by molar-refractivity contribution is 0.204. The minimum atomic E-state index is 0.784. The van der Waals surface area contributed by atoms with E-state index in [1.54, 1.807) is 11.0 Å². The van der Waals surface area contributed by atoms with Gasteiger partial charge in [-0.05, 0) is 37.9 Å². The zero-order valence-corrected chi connectivity index (χ0v) is 8.87. The lowest BCUT2D eigenvalue weighted by atomic mass is 10.1. The highest BCUT2D eigenvalue weighted by molar-refractivity contribution is 8.67. The van der Waals surface area contributed by atoms with Gasteiger partial charge in [0.25, 0.3) is 0 Å². The molecule has 1 rings (SSSR count). The molecule has 0 N–H and O–H groups in total. The molecule has 1 aliphatic rings. The molecule has 1 saturated heterocycles. The number of rotatable bonds is 2. The largest absolute Gasteiger partial charge is 0.306 e. The van der Waals surface area contributed by atoms with Crippen molar-refractivity contribution in [1.29, 1.82) is 0 Å². The Balaban J connectivity index is 2.24. The van der Waals surface area contributed by atoms with Crippen LogP contribution in [0, 0.1) is 0 Å². The number of piperidine rings is 1. The zero-order chi connectivity index (χ0) is 8.27. The molecule has 1 fully saturated rings. The van der Waals surface area contributed by atoms with Gasteiger partial charge in [-0.2, -0.15) is 0 Å². The van der Waals surface area contributed by atoms with Gasteiger partial charge in [0.1, 0.15) is 0 Å². The van der Waals surface area contributed by atoms with Gasteiger partial charge in [-0.15, -0.1) is 0 Å². The second kappa shape index (κ2) is 4.60. The summed E-state index contributed by atoms with van der Waals surface area (Å²) in [6.07, 6.45) is 2.56. The SMILES string of the molecule is CN(C)C1CCN(SS)CC1. The highest BCUT2D eigenvalue weighted by Crippen LogP contribution is 2.22. The first kappa shape index (κ1) is 9.71. The fourth-order valence-electron chi connectivity index (χ4n) is 1.44. The highest BCUT2D eigenvalue weighted by atomic mass is 33.1. The fraction of sp³-hybridized carbons (Fsp3) is 1.00. The molecule has 0 saturated carbocycles. The van der Waals surface area contributed by atoms with Crippen LogP contribution in [-0.2, 0) is 0 Å². The molecule has 0 unspecified atom stereocenters. The van der Waals surface area contributed by atoms with Crippen molar-refractivity contribution in [2.45, 2.75) is 18.9 Å². The molecule has 0 aromatic rings. The Kier molecular flexibility index (Phi) is 4.06. The van der Waals surface area contributed by atoms with Crippen molar-refractivity contribution in [1.82, 2.24) is 9.21 Å². The van der Waals surface area contributed by atoms with Crippen LogP contribution in [0.3, 0.4) is 0 Å². The minimum absolute atomic E-state index is 0.784. The predicted octanol–water partition coefficient (Wildman–Crippen LogP) is 1.51. The lowest BCUT2D eigenvalue weighted by Crippen LogP contribution is -2.38. The molecule has 0 atom stereocenters. The number of hydrogen-bond donors (Lipinski definition) is 1. The molecule has 0 aromatic heterocycles. The molecule has 66 valence electrons. The Bertz CT molecular complexity index is 111. The average Bonchev–Trinajstić information content (AvgIpc) is 2.05. The Hall–Kier alpha value is 0.620. The number of thiol groups is 1. The van der Waals surface area contributed by atoms with Crippen molar-refractivity contribution in [3.05, 3.63) is 0 Å². The Morgan fingerprint density at radius 1 is 1.36 bits per heavy atom. The normalized spacial score (nSPS) is 22.9. The Morgan fingerprint density at radius 3 is 2.27 bits per heavy atom. The summed E-state index contributed by atoms with van der Waals surface area (Å²) >= 11 is 4.17. The quantitative estimate of drug-likeness (QED) is 0.403. The second-order valence-electron chi connectivity index (χ2n) is 3.21. The van der Waals surface area contributed by atoms with Crippen molar-refractivity contribution in [2.75, 3.05) is 27.2 Å². The summed E-state index contributed by atoms with van der Waals surface area (Å²) < 4.78 is 2.31. The van der Waals surface area contributed by atoms with E-state index in [0.29, 0.717) is 0 Å². The maximum absolute atomic E-state index is 4.17. The Labute approximate surface area is 78.3 Å². The minimum Gasteiger partial charge on any atom is -0.306 e. The maximum atomic E-state index is 4.17. The smallest absolute Gasteiger partial charge is 0.0114 e. The van der Waals surface area contributed by atoms with Crippen LogP contribution in [0.2, 0.25) is 0 Å². The van der Waals surface area contributed by atoms with E-state index in [4.69, 9.17) is 0 Å². The van der Waals surface area contributed by atoms with E-state index < -0.39 is 0 Å². The second-order valence-corrected chi connectivity index (χ2v) is 4.38. The summed E-state index contributed by atoms with van der Waals surface area (Å²) in [7, 11) is 5.89. The summed E-state index contributed by atoms with van der Waals surface area (Å²) in [6.45, 7) is 2.36. The van der Waals surface area contributed by atoms with Crippen LogP contribution >= 0.6 is 22.6 Å². The van der Waals surface area contributed by atoms with E-state index in [-0.39, 0.29) is 0 Å². The van der Waals surface area contributed by atoms with Crippen molar-refractivity contribution in [3.8, 4) is 0 Å². The lowest BCUT2D eigenvalue weighted by Gasteiger charge is -2.33. The first-order valence-corrected chi connectivity index (χ1v) is 5.79. The third-order valence-electron chi connectivity index (χ3n) is 2.27. The van der Waals surface area contributed by atoms with Gasteiger partial charge in [0.05, 0.1) is 0 Å². The molecule has 1 heterocycles. The van der Waals surface area contributed by atoms with Crippen LogP contribution in [0.25, 0.3) is 0 Å². The monoisotopic (exact) mass is 192 g/mol. The Morgan fingerprint density at radius 2 is 1.91 bits per heavy atom. The van der Waals surface area contributed by atoms with E-state index >= 15 is 0 Å². The van der Waals surface area contributed by atoms with Crippen molar-refractivity contribution in [3.63, 3.8) is 0 Å². The molecule has 0 radical (unpaired) electrons. The molecule has 0 aromatic carbocycles. The van der Waals surface area contributed by atoms with Gasteiger partial charge >= 0.3 is 0 Å². The van der Waals surface area contributed by atoms with E-state index in [9.17, 15) is 0 Å². The third kappa shape index (κ3) is 2.86. The van der Waals surface area contributed by atoms with E-state index in [2.05, 4.69) is 35.0 Å². The van der Waals surface area contributed by atoms with Crippen molar-refractivity contribution in [2.24, 2.45) is 0 Å². The third-order valence-corrected chi connectivity index (χ3v) is 3.56. The summed E-state index contributed by atoms with van der Waals surface area (Å²) in [5, 5.41) is 0. The van der Waals surface area contributed by atoms with Crippen LogP contribution in [-0.4, -0.2) is 42.4 Å². The maximum Gasteiger partial charge on any atom is 0.0114 e. The average molecular weight is 192 g/mol. The van der Waals surface area contributed by atoms with Gasteiger partial charge in [-0.25, -0.2) is 4.31 Å². The molecule has 1 aliphatic heterocycles. The van der Waals surface area contributed by atoms with Crippen LogP contribution in [0.15, 0.2) is 0 Å². The zero-order valence-electron chi connectivity index (χ0n) is 7.16. The van der Waals surface area contributed by atoms with Gasteiger partial charge in [0.2, 0.25) is 0 Å². The summed E-state index contributed by atoms with van der Waals surface area (Å²) in [5.41, 5.74) is 0. The van der Waals surface area contributed by atoms with E-state index in [1.165, 1.54) is 25.9 Å². The molecule has 0 aliphatic carbocycles. The van der Waals surface area contributed by atoms with Gasteiger partial charge in [0.15, 0.2) is 0 Å². The standard InChI is InChI=1S/C7H16N2S2/c1-8(2)7-3-5-9(11-10)6-4-7/h7,10H,3-6H2,1-2H3. The molecule has 11 heavy (non-hydrogen) atoms. The molecule has 0 bridgehead atoms. The van der Waals surface area contributed by atoms with E-state index in [0.717, 1.165) is 6.04 Å². The summed E-state index contributed by atoms with van der Waals surface area (Å²) in [5.74, 6) is 0. The topological polar surface area (TPSA) is 6.48 Å². The molecule has 0 spiro atoms. The molecule has 4 heteroatoms. The van der Waals surface area contributed by atoms with Crippen molar-refractivity contribution < 1.29 is 0 Å². The summed E-state index contributed by atoms with van der Waals surface area (Å²) in [4.78, 5) is 2.32. The van der Waals surface area contributed by atoms with Crippen molar-refractivity contribution >= 4 is 22.6 Å². The molecule has 2 nitrogen and oxygen atoms in total. The predicted molar refractivity (Wildman–Crippen MR) is 54.9 cm³/mol.